The second-order valence-corrected chi connectivity index (χ2v) is 9.13. The van der Waals surface area contributed by atoms with Gasteiger partial charge in [0.2, 0.25) is 5.13 Å². The highest BCUT2D eigenvalue weighted by Gasteiger charge is 2.32. The molecule has 0 unspecified atom stereocenters. The van der Waals surface area contributed by atoms with Gasteiger partial charge in [0.1, 0.15) is 5.84 Å². The second-order valence-electron chi connectivity index (χ2n) is 7.21. The van der Waals surface area contributed by atoms with E-state index in [1.165, 1.54) is 41.3 Å². The minimum atomic E-state index is -4.47. The van der Waals surface area contributed by atoms with Gasteiger partial charge in [0.05, 0.1) is 21.9 Å². The van der Waals surface area contributed by atoms with Crippen LogP contribution in [0.4, 0.5) is 29.7 Å². The van der Waals surface area contributed by atoms with Gasteiger partial charge >= 0.3 is 6.18 Å². The molecule has 1 aromatic heterocycles. The van der Waals surface area contributed by atoms with Crippen molar-refractivity contribution in [3.05, 3.63) is 93.4 Å². The number of amidine groups is 1. The summed E-state index contributed by atoms with van der Waals surface area (Å²) in [5, 5.41) is 16.1. The SMILES string of the molecule is O=[N+]([O-])c1ccc(-c2csc(/N=C3\Nc4cc(C(F)(F)F)ccc4Sc4ccccc43)n2)cc1. The van der Waals surface area contributed by atoms with Crippen molar-refractivity contribution < 1.29 is 18.1 Å². The fraction of sp³-hybridized carbons (Fsp3) is 0.0435. The molecule has 1 aliphatic heterocycles. The number of nitrogens with zero attached hydrogens (tertiary/aromatic N) is 3. The largest absolute Gasteiger partial charge is 0.416 e. The summed E-state index contributed by atoms with van der Waals surface area (Å²) in [5.41, 5.74) is 1.56. The van der Waals surface area contributed by atoms with Gasteiger partial charge in [-0.25, -0.2) is 9.98 Å². The molecule has 3 aromatic carbocycles. The lowest BCUT2D eigenvalue weighted by Crippen LogP contribution is -2.14. The minimum absolute atomic E-state index is 0.0203. The van der Waals surface area contributed by atoms with Crippen molar-refractivity contribution in [2.24, 2.45) is 4.99 Å². The number of nitrogens with one attached hydrogen (secondary N) is 1. The summed E-state index contributed by atoms with van der Waals surface area (Å²) < 4.78 is 39.9. The van der Waals surface area contributed by atoms with E-state index >= 15 is 0 Å². The quantitative estimate of drug-likeness (QED) is 0.235. The van der Waals surface area contributed by atoms with Gasteiger partial charge < -0.3 is 5.32 Å². The van der Waals surface area contributed by atoms with Crippen molar-refractivity contribution in [2.75, 3.05) is 5.32 Å². The smallest absolute Gasteiger partial charge is 0.339 e. The average molecular weight is 499 g/mol. The van der Waals surface area contributed by atoms with Crippen LogP contribution in [0.15, 0.2) is 86.9 Å². The number of halogens is 3. The Kier molecular flexibility index (Phi) is 5.58. The van der Waals surface area contributed by atoms with Gasteiger partial charge in [0, 0.05) is 38.4 Å². The molecule has 170 valence electrons. The monoisotopic (exact) mass is 498 g/mol. The first-order valence-electron chi connectivity index (χ1n) is 9.82. The third kappa shape index (κ3) is 4.39. The van der Waals surface area contributed by atoms with Gasteiger partial charge in [0.15, 0.2) is 0 Å². The minimum Gasteiger partial charge on any atom is -0.339 e. The molecule has 11 heteroatoms. The predicted molar refractivity (Wildman–Crippen MR) is 126 cm³/mol. The maximum Gasteiger partial charge on any atom is 0.416 e. The number of benzene rings is 3. The van der Waals surface area contributed by atoms with E-state index in [2.05, 4.69) is 15.3 Å². The number of aliphatic imine (C=N–C) groups is 1. The maximum atomic E-state index is 13.3. The summed E-state index contributed by atoms with van der Waals surface area (Å²) in [5.74, 6) is 0.380. The van der Waals surface area contributed by atoms with Gasteiger partial charge in [0.25, 0.3) is 5.69 Å². The van der Waals surface area contributed by atoms with Crippen LogP contribution in [-0.4, -0.2) is 15.7 Å². The Morgan fingerprint density at radius 2 is 1.76 bits per heavy atom. The highest BCUT2D eigenvalue weighted by molar-refractivity contribution is 7.99. The lowest BCUT2D eigenvalue weighted by Gasteiger charge is -2.12. The van der Waals surface area contributed by atoms with Crippen LogP contribution in [0.25, 0.3) is 11.3 Å². The Morgan fingerprint density at radius 1 is 1.00 bits per heavy atom. The molecule has 0 saturated carbocycles. The Morgan fingerprint density at radius 3 is 2.50 bits per heavy atom. The molecule has 5 rings (SSSR count). The summed E-state index contributed by atoms with van der Waals surface area (Å²) in [6.45, 7) is 0. The molecule has 2 heterocycles. The van der Waals surface area contributed by atoms with Gasteiger partial charge in [-0.2, -0.15) is 13.2 Å². The first-order chi connectivity index (χ1) is 16.3. The Bertz CT molecular complexity index is 1430. The van der Waals surface area contributed by atoms with Crippen LogP contribution >= 0.6 is 23.1 Å². The van der Waals surface area contributed by atoms with Crippen LogP contribution in [0, 0.1) is 10.1 Å². The van der Waals surface area contributed by atoms with Gasteiger partial charge in [-0.15, -0.1) is 11.3 Å². The van der Waals surface area contributed by atoms with Crippen LogP contribution in [-0.2, 0) is 6.18 Å². The van der Waals surface area contributed by atoms with E-state index in [0.717, 1.165) is 22.6 Å². The number of nitro groups is 1. The summed E-state index contributed by atoms with van der Waals surface area (Å²) in [7, 11) is 0. The number of anilines is 1. The van der Waals surface area contributed by atoms with Crippen molar-refractivity contribution in [1.82, 2.24) is 4.98 Å². The molecule has 1 aliphatic rings. The zero-order valence-electron chi connectivity index (χ0n) is 17.0. The van der Waals surface area contributed by atoms with Crippen LogP contribution in [0.2, 0.25) is 0 Å². The highest BCUT2D eigenvalue weighted by atomic mass is 32.2. The number of non-ortho nitro benzene ring substituents is 1. The van der Waals surface area contributed by atoms with Crippen LogP contribution in [0.3, 0.4) is 0 Å². The highest BCUT2D eigenvalue weighted by Crippen LogP contribution is 2.42. The van der Waals surface area contributed by atoms with Crippen molar-refractivity contribution in [2.45, 2.75) is 16.0 Å². The molecule has 6 nitrogen and oxygen atoms in total. The molecule has 0 saturated heterocycles. The summed E-state index contributed by atoms with van der Waals surface area (Å²) in [6, 6.07) is 17.0. The number of hydrogen-bond acceptors (Lipinski definition) is 6. The number of alkyl halides is 3. The molecule has 4 aromatic rings. The number of aromatic nitrogens is 1. The van der Waals surface area contributed by atoms with E-state index in [0.29, 0.717) is 32.8 Å². The van der Waals surface area contributed by atoms with Crippen molar-refractivity contribution in [1.29, 1.82) is 0 Å². The number of nitro benzene ring substituents is 1. The van der Waals surface area contributed by atoms with Crippen LogP contribution in [0.1, 0.15) is 11.1 Å². The lowest BCUT2D eigenvalue weighted by atomic mass is 10.1. The first kappa shape index (κ1) is 22.1. The fourth-order valence-corrected chi connectivity index (χ4v) is 5.06. The molecule has 0 radical (unpaired) electrons. The first-order valence-corrected chi connectivity index (χ1v) is 11.5. The predicted octanol–water partition coefficient (Wildman–Crippen LogP) is 7.39. The molecule has 0 aliphatic carbocycles. The molecular weight excluding hydrogens is 485 g/mol. The van der Waals surface area contributed by atoms with Crippen molar-refractivity contribution in [3.8, 4) is 11.3 Å². The number of rotatable bonds is 3. The second kappa shape index (κ2) is 8.58. The van der Waals surface area contributed by atoms with Crippen molar-refractivity contribution >= 4 is 45.4 Å². The Hall–Kier alpha value is -3.70. The molecular formula is C23H13F3N4O2S2. The zero-order chi connectivity index (χ0) is 23.9. The van der Waals surface area contributed by atoms with Gasteiger partial charge in [-0.05, 0) is 36.4 Å². The standard InChI is InChI=1S/C23H13F3N4O2S2/c24-23(25,26)14-7-10-20-17(11-14)27-21(16-3-1-2-4-19(16)34-20)29-22-28-18(12-33-22)13-5-8-15(9-6-13)30(31)32/h1-12H,(H,27,28,29). The Balaban J connectivity index is 1.54. The van der Waals surface area contributed by atoms with E-state index in [9.17, 15) is 23.3 Å². The molecule has 0 amide bonds. The van der Waals surface area contributed by atoms with E-state index in [-0.39, 0.29) is 5.69 Å². The third-order valence-corrected chi connectivity index (χ3v) is 6.88. The molecule has 34 heavy (non-hydrogen) atoms. The maximum absolute atomic E-state index is 13.3. The van der Waals surface area contributed by atoms with Gasteiger partial charge in [-0.1, -0.05) is 30.0 Å². The van der Waals surface area contributed by atoms with Crippen LogP contribution < -0.4 is 5.32 Å². The van der Waals surface area contributed by atoms with E-state index < -0.39 is 16.7 Å². The van der Waals surface area contributed by atoms with E-state index in [1.54, 1.807) is 17.5 Å². The number of fused-ring (bicyclic) bond motifs is 2. The third-order valence-electron chi connectivity index (χ3n) is 5.00. The number of thiazole rings is 1. The van der Waals surface area contributed by atoms with E-state index in [1.807, 2.05) is 24.3 Å². The zero-order valence-corrected chi connectivity index (χ0v) is 18.7. The summed E-state index contributed by atoms with van der Waals surface area (Å²) in [6.07, 6.45) is -4.47. The lowest BCUT2D eigenvalue weighted by molar-refractivity contribution is -0.384. The molecule has 0 bridgehead atoms. The molecule has 0 atom stereocenters. The topological polar surface area (TPSA) is 80.4 Å². The van der Waals surface area contributed by atoms with E-state index in [4.69, 9.17) is 0 Å². The fourth-order valence-electron chi connectivity index (χ4n) is 3.34. The van der Waals surface area contributed by atoms with Crippen molar-refractivity contribution in [3.63, 3.8) is 0 Å². The summed E-state index contributed by atoms with van der Waals surface area (Å²) in [4.78, 5) is 21.0. The molecule has 1 N–H and O–H groups in total. The van der Waals surface area contributed by atoms with Crippen LogP contribution in [0.5, 0.6) is 0 Å². The van der Waals surface area contributed by atoms with Gasteiger partial charge in [-0.3, -0.25) is 10.1 Å². The number of hydrogen-bond donors (Lipinski definition) is 1. The molecule has 0 fully saturated rings. The Labute approximate surface area is 199 Å². The molecule has 0 spiro atoms. The average Bonchev–Trinajstić information content (AvgIpc) is 3.21. The summed E-state index contributed by atoms with van der Waals surface area (Å²) >= 11 is 2.62. The normalized spacial score (nSPS) is 14.1.